The van der Waals surface area contributed by atoms with E-state index in [-0.39, 0.29) is 29.0 Å². The second kappa shape index (κ2) is 7.03. The number of amides is 1. The summed E-state index contributed by atoms with van der Waals surface area (Å²) in [6, 6.07) is 7.10. The van der Waals surface area contributed by atoms with Crippen molar-refractivity contribution < 1.29 is 13.2 Å². The number of likely N-dealkylation sites (tertiary alicyclic amines) is 1. The lowest BCUT2D eigenvalue weighted by Crippen LogP contribution is -2.40. The third-order valence-electron chi connectivity index (χ3n) is 5.86. The van der Waals surface area contributed by atoms with Crippen molar-refractivity contribution in [1.29, 1.82) is 0 Å². The lowest BCUT2D eigenvalue weighted by atomic mass is 9.70. The Morgan fingerprint density at radius 1 is 1.16 bits per heavy atom. The van der Waals surface area contributed by atoms with Crippen LogP contribution in [0.3, 0.4) is 0 Å². The van der Waals surface area contributed by atoms with E-state index in [0.29, 0.717) is 4.90 Å². The van der Waals surface area contributed by atoms with Crippen molar-refractivity contribution in [2.24, 2.45) is 11.3 Å². The number of rotatable bonds is 4. The molecule has 1 spiro atoms. The molecule has 1 amide bonds. The zero-order chi connectivity index (χ0) is 18.2. The predicted octanol–water partition coefficient (Wildman–Crippen LogP) is 4.04. The topological polar surface area (TPSA) is 54.5 Å². The largest absolute Gasteiger partial charge is 0.340 e. The fourth-order valence-corrected chi connectivity index (χ4v) is 6.21. The molecule has 1 aliphatic heterocycles. The van der Waals surface area contributed by atoms with Gasteiger partial charge in [-0.3, -0.25) is 4.79 Å². The van der Waals surface area contributed by atoms with E-state index in [9.17, 15) is 13.2 Å². The van der Waals surface area contributed by atoms with E-state index in [1.807, 2.05) is 4.90 Å². The highest BCUT2D eigenvalue weighted by atomic mass is 79.9. The maximum atomic E-state index is 12.8. The third kappa shape index (κ3) is 3.80. The van der Waals surface area contributed by atoms with Crippen LogP contribution in [0, 0.1) is 11.3 Å². The van der Waals surface area contributed by atoms with Crippen molar-refractivity contribution in [3.63, 3.8) is 0 Å². The highest BCUT2D eigenvalue weighted by Gasteiger charge is 2.49. The van der Waals surface area contributed by atoms with Crippen LogP contribution in [0.15, 0.2) is 33.6 Å². The van der Waals surface area contributed by atoms with Gasteiger partial charge in [-0.1, -0.05) is 15.9 Å². The number of carbonyl (C=O) groups excluding carboxylic acids is 1. The van der Waals surface area contributed by atoms with E-state index >= 15 is 0 Å². The van der Waals surface area contributed by atoms with E-state index in [1.54, 1.807) is 24.3 Å². The van der Waals surface area contributed by atoms with Gasteiger partial charge in [-0.25, -0.2) is 8.42 Å². The van der Waals surface area contributed by atoms with Crippen LogP contribution < -0.4 is 0 Å². The number of sulfone groups is 1. The number of benzene rings is 1. The summed E-state index contributed by atoms with van der Waals surface area (Å²) in [5.74, 6) is 0.629. The van der Waals surface area contributed by atoms with Crippen LogP contribution in [0.4, 0.5) is 0 Å². The molecular formula is C19H26BrNO3S. The zero-order valence-electron chi connectivity index (χ0n) is 14.9. The Balaban J connectivity index is 1.63. The van der Waals surface area contributed by atoms with Crippen molar-refractivity contribution >= 4 is 31.7 Å². The van der Waals surface area contributed by atoms with Gasteiger partial charge in [-0.2, -0.15) is 0 Å². The van der Waals surface area contributed by atoms with Gasteiger partial charge in [0.25, 0.3) is 0 Å². The van der Waals surface area contributed by atoms with Gasteiger partial charge < -0.3 is 4.90 Å². The van der Waals surface area contributed by atoms with Crippen LogP contribution in [0.25, 0.3) is 0 Å². The molecule has 0 N–H and O–H groups in total. The minimum absolute atomic E-state index is 0.153. The molecule has 4 nitrogen and oxygen atoms in total. The first-order chi connectivity index (χ1) is 11.7. The van der Waals surface area contributed by atoms with Crippen molar-refractivity contribution in [1.82, 2.24) is 4.90 Å². The van der Waals surface area contributed by atoms with E-state index in [1.165, 1.54) is 0 Å². The summed E-state index contributed by atoms with van der Waals surface area (Å²) < 4.78 is 26.2. The lowest BCUT2D eigenvalue weighted by molar-refractivity contribution is -0.139. The van der Waals surface area contributed by atoms with Crippen molar-refractivity contribution in [2.45, 2.75) is 56.9 Å². The molecule has 1 saturated carbocycles. The van der Waals surface area contributed by atoms with Crippen LogP contribution in [0.1, 0.15) is 46.0 Å². The summed E-state index contributed by atoms with van der Waals surface area (Å²) in [4.78, 5) is 15.1. The second-order valence-electron chi connectivity index (χ2n) is 7.80. The Hall–Kier alpha value is -0.880. The molecule has 138 valence electrons. The van der Waals surface area contributed by atoms with Crippen molar-refractivity contribution in [3.8, 4) is 0 Å². The number of hydrogen-bond acceptors (Lipinski definition) is 3. The Bertz CT molecular complexity index is 734. The highest BCUT2D eigenvalue weighted by molar-refractivity contribution is 9.10. The summed E-state index contributed by atoms with van der Waals surface area (Å²) in [5.41, 5.74) is -0.220. The van der Waals surface area contributed by atoms with Gasteiger partial charge in [0, 0.05) is 17.1 Å². The Morgan fingerprint density at radius 3 is 2.28 bits per heavy atom. The van der Waals surface area contributed by atoms with Crippen LogP contribution >= 0.6 is 15.9 Å². The van der Waals surface area contributed by atoms with Gasteiger partial charge in [0.2, 0.25) is 5.91 Å². The molecule has 1 saturated heterocycles. The van der Waals surface area contributed by atoms with Gasteiger partial charge >= 0.3 is 0 Å². The van der Waals surface area contributed by atoms with Gasteiger partial charge in [0.15, 0.2) is 9.84 Å². The summed E-state index contributed by atoms with van der Waals surface area (Å²) >= 11 is 3.33. The average molecular weight is 428 g/mol. The molecule has 0 bridgehead atoms. The minimum Gasteiger partial charge on any atom is -0.340 e. The van der Waals surface area contributed by atoms with Crippen LogP contribution in [0.5, 0.6) is 0 Å². The Kier molecular flexibility index (Phi) is 5.31. The minimum atomic E-state index is -3.27. The fraction of sp³-hybridized carbons (Fsp3) is 0.632. The normalized spacial score (nSPS) is 27.4. The van der Waals surface area contributed by atoms with E-state index in [4.69, 9.17) is 0 Å². The van der Waals surface area contributed by atoms with Gasteiger partial charge in [-0.05, 0) is 76.1 Å². The smallest absolute Gasteiger partial charge is 0.229 e. The van der Waals surface area contributed by atoms with Crippen molar-refractivity contribution in [3.05, 3.63) is 28.7 Å². The maximum absolute atomic E-state index is 12.8. The standard InChI is InChI=1S/C19H26BrNO3S/c1-14(2)21-12-11-19(18(21)22)9-7-15(8-10-19)13-25(23,24)17-5-3-16(20)4-6-17/h3-6,14-15H,7-13H2,1-2H3. The summed E-state index contributed by atoms with van der Waals surface area (Å²) in [7, 11) is -3.27. The van der Waals surface area contributed by atoms with Crippen LogP contribution in [-0.2, 0) is 14.6 Å². The summed E-state index contributed by atoms with van der Waals surface area (Å²) in [5, 5.41) is 0. The zero-order valence-corrected chi connectivity index (χ0v) is 17.3. The van der Waals surface area contributed by atoms with Gasteiger partial charge in [0.1, 0.15) is 0 Å². The number of hydrogen-bond donors (Lipinski definition) is 0. The number of nitrogens with zero attached hydrogens (tertiary/aromatic N) is 1. The molecule has 25 heavy (non-hydrogen) atoms. The molecule has 0 unspecified atom stereocenters. The second-order valence-corrected chi connectivity index (χ2v) is 10.8. The third-order valence-corrected chi connectivity index (χ3v) is 8.29. The highest BCUT2D eigenvalue weighted by Crippen LogP contribution is 2.47. The fourth-order valence-electron chi connectivity index (χ4n) is 4.25. The Morgan fingerprint density at radius 2 is 1.76 bits per heavy atom. The summed E-state index contributed by atoms with van der Waals surface area (Å²) in [6.07, 6.45) is 4.24. The number of halogens is 1. The van der Waals surface area contributed by atoms with E-state index in [2.05, 4.69) is 29.8 Å². The molecule has 0 radical (unpaired) electrons. The van der Waals surface area contributed by atoms with Crippen molar-refractivity contribution in [2.75, 3.05) is 12.3 Å². The average Bonchev–Trinajstić information content (AvgIpc) is 2.87. The lowest BCUT2D eigenvalue weighted by Gasteiger charge is -2.36. The molecule has 0 aromatic heterocycles. The predicted molar refractivity (Wildman–Crippen MR) is 102 cm³/mol. The molecule has 2 aliphatic rings. The van der Waals surface area contributed by atoms with Crippen LogP contribution in [-0.4, -0.2) is 37.6 Å². The van der Waals surface area contributed by atoms with Gasteiger partial charge in [-0.15, -0.1) is 0 Å². The number of carbonyl (C=O) groups is 1. The van der Waals surface area contributed by atoms with Crippen LogP contribution in [0.2, 0.25) is 0 Å². The quantitative estimate of drug-likeness (QED) is 0.728. The summed E-state index contributed by atoms with van der Waals surface area (Å²) in [6.45, 7) is 4.97. The SMILES string of the molecule is CC(C)N1CCC2(CCC(CS(=O)(=O)c3ccc(Br)cc3)CC2)C1=O. The van der Waals surface area contributed by atoms with Gasteiger partial charge in [0.05, 0.1) is 16.1 Å². The molecule has 6 heteroatoms. The first-order valence-electron chi connectivity index (χ1n) is 9.03. The first-order valence-corrected chi connectivity index (χ1v) is 11.5. The molecule has 3 rings (SSSR count). The molecule has 1 aromatic rings. The maximum Gasteiger partial charge on any atom is 0.229 e. The molecule has 2 fully saturated rings. The van der Waals surface area contributed by atoms with E-state index in [0.717, 1.165) is 43.1 Å². The molecule has 1 heterocycles. The van der Waals surface area contributed by atoms with E-state index < -0.39 is 9.84 Å². The Labute approximate surface area is 159 Å². The molecule has 0 atom stereocenters. The monoisotopic (exact) mass is 427 g/mol. The first kappa shape index (κ1) is 18.9. The molecular weight excluding hydrogens is 402 g/mol. The molecule has 1 aromatic carbocycles. The molecule has 1 aliphatic carbocycles.